The van der Waals surface area contributed by atoms with Gasteiger partial charge in [0.2, 0.25) is 0 Å². The molecule has 1 aliphatic heterocycles. The fraction of sp³-hybridized carbons (Fsp3) is 0.333. The Morgan fingerprint density at radius 1 is 0.741 bits per heavy atom. The van der Waals surface area contributed by atoms with Crippen LogP contribution in [0, 0.1) is 0 Å². The minimum atomic E-state index is -2.45. The third-order valence-corrected chi connectivity index (χ3v) is 23.5. The number of hydrogen-bond donors (Lipinski definition) is 0. The molecule has 0 radical (unpaired) electrons. The van der Waals surface area contributed by atoms with Crippen LogP contribution in [-0.4, -0.2) is 0 Å². The predicted molar refractivity (Wildman–Crippen MR) is 102 cm³/mol. The summed E-state index contributed by atoms with van der Waals surface area (Å²) < 4.78 is 4.93. The van der Waals surface area contributed by atoms with Crippen LogP contribution in [0.3, 0.4) is 0 Å². The molecular weight excluding hydrogens is 450 g/mol. The molecule has 1 saturated carbocycles. The fourth-order valence-electron chi connectivity index (χ4n) is 6.70. The van der Waals surface area contributed by atoms with Gasteiger partial charge < -0.3 is 24.8 Å². The van der Waals surface area contributed by atoms with Gasteiger partial charge in [-0.2, -0.15) is 0 Å². The number of halogens is 2. The monoisotopic (exact) mass is 472 g/mol. The van der Waals surface area contributed by atoms with E-state index in [-0.39, 0.29) is 24.8 Å². The van der Waals surface area contributed by atoms with Crippen molar-refractivity contribution in [3.05, 3.63) is 81.2 Å². The summed E-state index contributed by atoms with van der Waals surface area (Å²) >= 11 is -2.45. The Bertz CT molecular complexity index is 872. The molecule has 1 heterocycles. The number of fused-ring (bicyclic) bond motifs is 4. The summed E-state index contributed by atoms with van der Waals surface area (Å²) in [5, 5.41) is 0. The van der Waals surface area contributed by atoms with Crippen LogP contribution < -0.4 is 24.8 Å². The first-order valence-corrected chi connectivity index (χ1v) is 15.5. The first kappa shape index (κ1) is 19.7. The van der Waals surface area contributed by atoms with Gasteiger partial charge in [0.25, 0.3) is 0 Å². The molecule has 0 amide bonds. The maximum Gasteiger partial charge on any atom is -1.00 e. The molecule has 3 aliphatic carbocycles. The van der Waals surface area contributed by atoms with Gasteiger partial charge in [-0.1, -0.05) is 0 Å². The smallest absolute Gasteiger partial charge is 1.00 e. The van der Waals surface area contributed by atoms with Crippen molar-refractivity contribution >= 4 is 0 Å². The summed E-state index contributed by atoms with van der Waals surface area (Å²) in [7, 11) is 0. The van der Waals surface area contributed by atoms with Crippen LogP contribution in [0.15, 0.2) is 70.0 Å². The molecule has 4 aliphatic rings. The average Bonchev–Trinajstić information content (AvgIpc) is 3.03. The van der Waals surface area contributed by atoms with E-state index in [0.717, 1.165) is 10.9 Å². The summed E-state index contributed by atoms with van der Waals surface area (Å²) in [6.45, 7) is 0. The maximum atomic E-state index is 2.55. The zero-order chi connectivity index (χ0) is 16.4. The minimum absolute atomic E-state index is 0. The molecule has 2 atom stereocenters. The van der Waals surface area contributed by atoms with Crippen LogP contribution >= 0.6 is 0 Å². The number of hydrogen-bond acceptors (Lipinski definition) is 0. The van der Waals surface area contributed by atoms with Crippen LogP contribution in [-0.2, 0) is 20.3 Å². The van der Waals surface area contributed by atoms with Crippen molar-refractivity contribution in [3.8, 4) is 11.1 Å². The second-order valence-corrected chi connectivity index (χ2v) is 19.6. The fourth-order valence-corrected chi connectivity index (χ4v) is 27.5. The number of rotatable bonds is 2. The summed E-state index contributed by atoms with van der Waals surface area (Å²) in [6, 6.07) is 18.7. The first-order chi connectivity index (χ1) is 12.4. The topological polar surface area (TPSA) is 0 Å². The van der Waals surface area contributed by atoms with Crippen LogP contribution in [0.4, 0.5) is 0 Å². The van der Waals surface area contributed by atoms with Crippen molar-refractivity contribution in [2.24, 2.45) is 0 Å². The van der Waals surface area contributed by atoms with E-state index in [2.05, 4.69) is 66.8 Å². The SMILES string of the molecule is C1=CC[C]([Zr+2]2([CH]3c4ccccc4-c4ccccc43)[CH]3CCCC[CH]32)=C1.[Cl-].[Cl-]. The molecule has 0 nitrogen and oxygen atoms in total. The zero-order valence-electron chi connectivity index (χ0n) is 15.4. The van der Waals surface area contributed by atoms with Crippen molar-refractivity contribution in [2.75, 3.05) is 0 Å². The molecule has 2 fully saturated rings. The van der Waals surface area contributed by atoms with Gasteiger partial charge in [0.1, 0.15) is 0 Å². The van der Waals surface area contributed by atoms with Crippen LogP contribution in [0.5, 0.6) is 0 Å². The maximum absolute atomic E-state index is 2.55. The molecule has 2 aromatic rings. The largest absolute Gasteiger partial charge is 1.00 e. The van der Waals surface area contributed by atoms with Crippen molar-refractivity contribution in [2.45, 2.75) is 43.0 Å². The van der Waals surface area contributed by atoms with Crippen LogP contribution in [0.25, 0.3) is 11.1 Å². The Morgan fingerprint density at radius 3 is 1.81 bits per heavy atom. The van der Waals surface area contributed by atoms with Gasteiger partial charge in [-0.25, -0.2) is 0 Å². The van der Waals surface area contributed by atoms with Gasteiger partial charge in [0.05, 0.1) is 0 Å². The molecule has 6 rings (SSSR count). The Labute approximate surface area is 179 Å². The molecule has 0 bridgehead atoms. The summed E-state index contributed by atoms with van der Waals surface area (Å²) in [5.41, 5.74) is 6.44. The van der Waals surface area contributed by atoms with Crippen LogP contribution in [0.2, 0.25) is 7.25 Å². The van der Waals surface area contributed by atoms with E-state index in [1.54, 1.807) is 11.1 Å². The van der Waals surface area contributed by atoms with E-state index >= 15 is 0 Å². The Morgan fingerprint density at radius 2 is 1.30 bits per heavy atom. The van der Waals surface area contributed by atoms with Crippen LogP contribution in [0.1, 0.15) is 46.9 Å². The summed E-state index contributed by atoms with van der Waals surface area (Å²) in [6.07, 6.45) is 14.6. The van der Waals surface area contributed by atoms with E-state index in [1.165, 1.54) is 43.2 Å². The van der Waals surface area contributed by atoms with Gasteiger partial charge in [0.15, 0.2) is 0 Å². The number of allylic oxidation sites excluding steroid dienone is 4. The summed E-state index contributed by atoms with van der Waals surface area (Å²) in [4.78, 5) is 0. The third-order valence-electron chi connectivity index (χ3n) is 7.52. The Hall–Kier alpha value is -0.617. The molecule has 2 unspecified atom stereocenters. The molecule has 0 N–H and O–H groups in total. The zero-order valence-corrected chi connectivity index (χ0v) is 19.3. The molecule has 0 spiro atoms. The van der Waals surface area contributed by atoms with E-state index in [0.29, 0.717) is 0 Å². The van der Waals surface area contributed by atoms with Gasteiger partial charge in [-0.3, -0.25) is 0 Å². The molecule has 1 saturated heterocycles. The van der Waals surface area contributed by atoms with Gasteiger partial charge in [-0.15, -0.1) is 0 Å². The average molecular weight is 475 g/mol. The molecule has 2 aromatic carbocycles. The second kappa shape index (κ2) is 7.33. The predicted octanol–water partition coefficient (Wildman–Crippen LogP) is 0.927. The molecule has 27 heavy (non-hydrogen) atoms. The van der Waals surface area contributed by atoms with Gasteiger partial charge in [-0.05, 0) is 0 Å². The van der Waals surface area contributed by atoms with Crippen molar-refractivity contribution in [1.29, 1.82) is 0 Å². The van der Waals surface area contributed by atoms with Gasteiger partial charge >= 0.3 is 156 Å². The van der Waals surface area contributed by atoms with E-state index in [9.17, 15) is 0 Å². The van der Waals surface area contributed by atoms with Crippen molar-refractivity contribution < 1.29 is 45.1 Å². The third kappa shape index (κ3) is 2.58. The van der Waals surface area contributed by atoms with Crippen molar-refractivity contribution in [3.63, 3.8) is 0 Å². The van der Waals surface area contributed by atoms with Crippen molar-refractivity contribution in [1.82, 2.24) is 0 Å². The van der Waals surface area contributed by atoms with E-state index in [4.69, 9.17) is 0 Å². The minimum Gasteiger partial charge on any atom is -1.00 e. The molecule has 138 valence electrons. The van der Waals surface area contributed by atoms with Gasteiger partial charge in [0, 0.05) is 0 Å². The molecule has 0 aromatic heterocycles. The van der Waals surface area contributed by atoms with E-state index in [1.807, 2.05) is 3.28 Å². The normalized spacial score (nSPS) is 27.3. The Kier molecular flexibility index (Phi) is 5.34. The second-order valence-electron chi connectivity index (χ2n) is 8.36. The summed E-state index contributed by atoms with van der Waals surface area (Å²) in [5.74, 6) is 0. The first-order valence-electron chi connectivity index (χ1n) is 9.97. The molecular formula is C24H24Cl2Zr. The quantitative estimate of drug-likeness (QED) is 0.608. The number of benzene rings is 2. The molecule has 3 heteroatoms. The standard InChI is InChI=1S/C13H9.C6H10.C5H5.2ClH.Zr/c1-3-7-12-10(5-1)9-11-6-2-4-8-13(11)12;1-2-4-6-5-3-1;1-2-4-5-3-1;;;/h1-9H;1-2H,3-6H2;1-3H,4H2;2*1H;/q;;;;;+2/p-2. The Balaban J connectivity index is 0.000000900. The van der Waals surface area contributed by atoms with E-state index < -0.39 is 20.3 Å².